The minimum absolute atomic E-state index is 0.113. The van der Waals surface area contributed by atoms with Crippen LogP contribution in [0.2, 0.25) is 0 Å². The molecule has 1 aliphatic heterocycles. The number of hydrogen-bond acceptors (Lipinski definition) is 3. The van der Waals surface area contributed by atoms with Gasteiger partial charge in [0.1, 0.15) is 11.5 Å². The Hall–Kier alpha value is -2.00. The largest absolute Gasteiger partial charge is 0.457 e. The maximum Gasteiger partial charge on any atom is 0.134 e. The molecule has 3 rings (SSSR count). The van der Waals surface area contributed by atoms with Gasteiger partial charge in [0.2, 0.25) is 0 Å². The average Bonchev–Trinajstić information content (AvgIpc) is 2.43. The van der Waals surface area contributed by atoms with Crippen LogP contribution in [0.1, 0.15) is 23.1 Å². The number of hydrogen-bond donors (Lipinski definition) is 2. The van der Waals surface area contributed by atoms with Gasteiger partial charge in [0.05, 0.1) is 0 Å². The SMILES string of the molecule is Cc1cc2c(cc1C)C(OC1=CCC(N)C=C1)=CCN2. The second-order valence-electron chi connectivity index (χ2n) is 5.40. The fourth-order valence-corrected chi connectivity index (χ4v) is 2.45. The number of allylic oxidation sites excluding steroid dienone is 1. The Morgan fingerprint density at radius 3 is 2.75 bits per heavy atom. The van der Waals surface area contributed by atoms with E-state index >= 15 is 0 Å². The molecule has 0 amide bonds. The minimum Gasteiger partial charge on any atom is -0.457 e. The Bertz CT molecular complexity index is 626. The Kier molecular flexibility index (Phi) is 3.36. The standard InChI is InChI=1S/C17H20N2O/c1-11-9-15-16(10-12(11)2)19-8-7-17(15)20-14-5-3-13(18)4-6-14/h3,5-7,9-10,13,19H,4,8,18H2,1-2H3. The van der Waals surface area contributed by atoms with Crippen LogP contribution in [0.4, 0.5) is 5.69 Å². The summed E-state index contributed by atoms with van der Waals surface area (Å²) in [6, 6.07) is 4.48. The summed E-state index contributed by atoms with van der Waals surface area (Å²) >= 11 is 0. The number of ether oxygens (including phenoxy) is 1. The molecular weight excluding hydrogens is 248 g/mol. The summed E-state index contributed by atoms with van der Waals surface area (Å²) in [6.45, 7) is 5.05. The van der Waals surface area contributed by atoms with E-state index in [0.29, 0.717) is 0 Å². The van der Waals surface area contributed by atoms with Crippen molar-refractivity contribution in [2.45, 2.75) is 26.3 Å². The maximum absolute atomic E-state index is 6.04. The number of nitrogens with two attached hydrogens (primary N) is 1. The summed E-state index contributed by atoms with van der Waals surface area (Å²) < 4.78 is 6.04. The van der Waals surface area contributed by atoms with Gasteiger partial charge >= 0.3 is 0 Å². The Balaban J connectivity index is 1.88. The monoisotopic (exact) mass is 268 g/mol. The highest BCUT2D eigenvalue weighted by atomic mass is 16.5. The van der Waals surface area contributed by atoms with E-state index in [1.807, 2.05) is 18.2 Å². The van der Waals surface area contributed by atoms with E-state index in [4.69, 9.17) is 10.5 Å². The van der Waals surface area contributed by atoms with Crippen LogP contribution < -0.4 is 11.1 Å². The summed E-state index contributed by atoms with van der Waals surface area (Å²) in [4.78, 5) is 0. The first-order chi connectivity index (χ1) is 9.63. The first-order valence-corrected chi connectivity index (χ1v) is 7.01. The molecule has 0 fully saturated rings. The molecule has 0 bridgehead atoms. The zero-order valence-electron chi connectivity index (χ0n) is 11.9. The van der Waals surface area contributed by atoms with E-state index in [1.165, 1.54) is 11.1 Å². The predicted molar refractivity (Wildman–Crippen MR) is 83.3 cm³/mol. The molecule has 104 valence electrons. The van der Waals surface area contributed by atoms with E-state index in [-0.39, 0.29) is 6.04 Å². The number of nitrogens with one attached hydrogen (secondary N) is 1. The number of anilines is 1. The van der Waals surface area contributed by atoms with Crippen molar-refractivity contribution in [2.24, 2.45) is 5.73 Å². The average molecular weight is 268 g/mol. The lowest BCUT2D eigenvalue weighted by Gasteiger charge is -2.22. The Labute approximate surface area is 119 Å². The fraction of sp³-hybridized carbons (Fsp3) is 0.294. The molecule has 0 aromatic heterocycles. The Morgan fingerprint density at radius 1 is 1.20 bits per heavy atom. The van der Waals surface area contributed by atoms with Gasteiger partial charge in [-0.05, 0) is 61.8 Å². The molecule has 1 heterocycles. The van der Waals surface area contributed by atoms with Crippen LogP contribution in [-0.4, -0.2) is 12.6 Å². The highest BCUT2D eigenvalue weighted by Crippen LogP contribution is 2.32. The summed E-state index contributed by atoms with van der Waals surface area (Å²) in [5.74, 6) is 1.80. The van der Waals surface area contributed by atoms with Crippen LogP contribution in [0.15, 0.2) is 42.2 Å². The van der Waals surface area contributed by atoms with Crippen LogP contribution in [0.25, 0.3) is 5.76 Å². The second kappa shape index (κ2) is 5.17. The normalized spacial score (nSPS) is 20.6. The molecule has 0 saturated carbocycles. The molecule has 0 spiro atoms. The summed E-state index contributed by atoms with van der Waals surface area (Å²) in [5, 5.41) is 3.39. The van der Waals surface area contributed by atoms with E-state index in [0.717, 1.165) is 35.7 Å². The molecule has 3 heteroatoms. The molecule has 1 atom stereocenters. The third kappa shape index (κ3) is 2.49. The molecule has 1 aliphatic carbocycles. The van der Waals surface area contributed by atoms with Gasteiger partial charge in [-0.1, -0.05) is 6.08 Å². The van der Waals surface area contributed by atoms with Gasteiger partial charge in [0, 0.05) is 23.8 Å². The quantitative estimate of drug-likeness (QED) is 0.865. The van der Waals surface area contributed by atoms with Crippen molar-refractivity contribution in [3.05, 3.63) is 58.9 Å². The van der Waals surface area contributed by atoms with E-state index in [2.05, 4.69) is 37.4 Å². The van der Waals surface area contributed by atoms with E-state index in [9.17, 15) is 0 Å². The van der Waals surface area contributed by atoms with Gasteiger partial charge in [0.25, 0.3) is 0 Å². The first-order valence-electron chi connectivity index (χ1n) is 7.01. The Morgan fingerprint density at radius 2 is 2.00 bits per heavy atom. The van der Waals surface area contributed by atoms with Gasteiger partial charge < -0.3 is 15.8 Å². The van der Waals surface area contributed by atoms with E-state index in [1.54, 1.807) is 0 Å². The summed E-state index contributed by atoms with van der Waals surface area (Å²) in [7, 11) is 0. The number of fused-ring (bicyclic) bond motifs is 1. The molecule has 0 radical (unpaired) electrons. The van der Waals surface area contributed by atoms with Crippen molar-refractivity contribution in [3.63, 3.8) is 0 Å². The molecule has 3 nitrogen and oxygen atoms in total. The summed E-state index contributed by atoms with van der Waals surface area (Å²) in [6.07, 6.45) is 8.90. The van der Waals surface area contributed by atoms with Gasteiger partial charge in [0.15, 0.2) is 0 Å². The van der Waals surface area contributed by atoms with Crippen molar-refractivity contribution in [1.82, 2.24) is 0 Å². The fourth-order valence-electron chi connectivity index (χ4n) is 2.45. The van der Waals surface area contributed by atoms with Gasteiger partial charge in [-0.25, -0.2) is 0 Å². The highest BCUT2D eigenvalue weighted by molar-refractivity contribution is 5.77. The zero-order chi connectivity index (χ0) is 14.1. The van der Waals surface area contributed by atoms with Crippen LogP contribution in [0, 0.1) is 13.8 Å². The molecule has 0 saturated heterocycles. The topological polar surface area (TPSA) is 47.3 Å². The van der Waals surface area contributed by atoms with Gasteiger partial charge in [-0.15, -0.1) is 0 Å². The second-order valence-corrected chi connectivity index (χ2v) is 5.40. The van der Waals surface area contributed by atoms with Crippen molar-refractivity contribution < 1.29 is 4.74 Å². The number of rotatable bonds is 2. The van der Waals surface area contributed by atoms with Crippen molar-refractivity contribution >= 4 is 11.4 Å². The van der Waals surface area contributed by atoms with Crippen LogP contribution in [0.3, 0.4) is 0 Å². The highest BCUT2D eigenvalue weighted by Gasteiger charge is 2.16. The van der Waals surface area contributed by atoms with E-state index < -0.39 is 0 Å². The molecule has 1 aromatic rings. The predicted octanol–water partition coefficient (Wildman–Crippen LogP) is 3.26. The molecule has 1 unspecified atom stereocenters. The molecule has 1 aromatic carbocycles. The third-order valence-electron chi connectivity index (χ3n) is 3.81. The zero-order valence-corrected chi connectivity index (χ0v) is 11.9. The van der Waals surface area contributed by atoms with Gasteiger partial charge in [-0.3, -0.25) is 0 Å². The van der Waals surface area contributed by atoms with Crippen molar-refractivity contribution in [1.29, 1.82) is 0 Å². The van der Waals surface area contributed by atoms with Crippen molar-refractivity contribution in [3.8, 4) is 0 Å². The molecule has 2 aliphatic rings. The van der Waals surface area contributed by atoms with Crippen molar-refractivity contribution in [2.75, 3.05) is 11.9 Å². The number of benzene rings is 1. The van der Waals surface area contributed by atoms with Gasteiger partial charge in [-0.2, -0.15) is 0 Å². The summed E-state index contributed by atoms with van der Waals surface area (Å²) in [5.41, 5.74) is 10.7. The number of aryl methyl sites for hydroxylation is 2. The lowest BCUT2D eigenvalue weighted by Crippen LogP contribution is -2.18. The lowest BCUT2D eigenvalue weighted by molar-refractivity contribution is 0.393. The van der Waals surface area contributed by atoms with Crippen LogP contribution >= 0.6 is 0 Å². The van der Waals surface area contributed by atoms with Crippen LogP contribution in [-0.2, 0) is 4.74 Å². The van der Waals surface area contributed by atoms with Crippen LogP contribution in [0.5, 0.6) is 0 Å². The smallest absolute Gasteiger partial charge is 0.134 e. The maximum atomic E-state index is 6.04. The molecular formula is C17H20N2O. The third-order valence-corrected chi connectivity index (χ3v) is 3.81. The molecule has 3 N–H and O–H groups in total. The lowest BCUT2D eigenvalue weighted by atomic mass is 10.0. The molecule has 20 heavy (non-hydrogen) atoms. The first kappa shape index (κ1) is 13.0. The minimum atomic E-state index is 0.113.